The third-order valence-corrected chi connectivity index (χ3v) is 5.58. The number of aromatic nitrogens is 1. The maximum atomic E-state index is 11.9. The van der Waals surface area contributed by atoms with E-state index in [2.05, 4.69) is 22.1 Å². The Hall–Kier alpha value is -3.52. The van der Waals surface area contributed by atoms with Crippen LogP contribution in [0.2, 0.25) is 0 Å². The number of nitrogens with one attached hydrogen (secondary N) is 1. The van der Waals surface area contributed by atoms with Crippen molar-refractivity contribution in [2.75, 3.05) is 41.1 Å². The number of pyridine rings is 1. The molecule has 8 nitrogen and oxygen atoms in total. The molecule has 0 aliphatic carbocycles. The van der Waals surface area contributed by atoms with Gasteiger partial charge in [-0.25, -0.2) is 0 Å². The minimum atomic E-state index is -0.305. The Morgan fingerprint density at radius 3 is 2.59 bits per heavy atom. The second-order valence-corrected chi connectivity index (χ2v) is 7.43. The van der Waals surface area contributed by atoms with Gasteiger partial charge in [-0.05, 0) is 35.2 Å². The maximum absolute atomic E-state index is 11.9. The molecule has 0 unspecified atom stereocenters. The lowest BCUT2D eigenvalue weighted by molar-refractivity contribution is -0.686. The molecular weight excluding hydrogens is 412 g/mol. The summed E-state index contributed by atoms with van der Waals surface area (Å²) in [6.07, 6.45) is 2.92. The van der Waals surface area contributed by atoms with Crippen LogP contribution in [0.4, 0.5) is 0 Å². The summed E-state index contributed by atoms with van der Waals surface area (Å²) in [6.45, 7) is 0.719. The lowest BCUT2D eigenvalue weighted by Gasteiger charge is -2.19. The number of nitrogens with zero attached hydrogens (tertiary/aromatic N) is 1. The standard InChI is InChI=1S/C24H26N2O6/c1-29-20-5-4-15-10-19-17-12-22(32-14-23(28)25-7-9-27)21(30-2)11-16(17)6-8-26(19)13-18(15)24(20)31-3/h4-5,10-13,27H,6-9,14H2,1-3H3/p+1. The van der Waals surface area contributed by atoms with Crippen molar-refractivity contribution in [2.24, 2.45) is 0 Å². The summed E-state index contributed by atoms with van der Waals surface area (Å²) < 4.78 is 24.5. The van der Waals surface area contributed by atoms with Gasteiger partial charge >= 0.3 is 0 Å². The van der Waals surface area contributed by atoms with Crippen molar-refractivity contribution < 1.29 is 33.4 Å². The fourth-order valence-electron chi connectivity index (χ4n) is 4.05. The van der Waals surface area contributed by atoms with Crippen LogP contribution in [0.5, 0.6) is 23.0 Å². The molecule has 1 aliphatic heterocycles. The minimum absolute atomic E-state index is 0.119. The van der Waals surface area contributed by atoms with Gasteiger partial charge in [-0.15, -0.1) is 0 Å². The summed E-state index contributed by atoms with van der Waals surface area (Å²) in [7, 11) is 4.85. The second kappa shape index (κ2) is 9.32. The summed E-state index contributed by atoms with van der Waals surface area (Å²) in [5, 5.41) is 13.4. The van der Waals surface area contributed by atoms with Gasteiger partial charge in [-0.2, -0.15) is 4.57 Å². The molecule has 0 spiro atoms. The van der Waals surface area contributed by atoms with E-state index >= 15 is 0 Å². The van der Waals surface area contributed by atoms with Crippen LogP contribution in [0.1, 0.15) is 5.56 Å². The molecule has 0 fully saturated rings. The molecular formula is C24H27N2O6+. The normalized spacial score (nSPS) is 12.0. The third kappa shape index (κ3) is 4.01. The Morgan fingerprint density at radius 1 is 1.06 bits per heavy atom. The molecule has 0 radical (unpaired) electrons. The van der Waals surface area contributed by atoms with Crippen molar-refractivity contribution in [1.82, 2.24) is 5.32 Å². The Labute approximate surface area is 186 Å². The fourth-order valence-corrected chi connectivity index (χ4v) is 4.05. The van der Waals surface area contributed by atoms with Crippen LogP contribution in [0.3, 0.4) is 0 Å². The fraction of sp³-hybridized carbons (Fsp3) is 0.333. The van der Waals surface area contributed by atoms with Gasteiger partial charge < -0.3 is 29.4 Å². The molecule has 3 aromatic rings. The number of amides is 1. The van der Waals surface area contributed by atoms with E-state index in [1.54, 1.807) is 21.3 Å². The van der Waals surface area contributed by atoms with Crippen molar-refractivity contribution in [3.63, 3.8) is 0 Å². The summed E-state index contributed by atoms with van der Waals surface area (Å²) >= 11 is 0. The zero-order valence-corrected chi connectivity index (χ0v) is 18.4. The summed E-state index contributed by atoms with van der Waals surface area (Å²) in [6, 6.07) is 9.93. The second-order valence-electron chi connectivity index (χ2n) is 7.43. The zero-order chi connectivity index (χ0) is 22.7. The van der Waals surface area contributed by atoms with E-state index in [-0.39, 0.29) is 25.7 Å². The topological polar surface area (TPSA) is 90.1 Å². The third-order valence-electron chi connectivity index (χ3n) is 5.58. The van der Waals surface area contributed by atoms with Crippen molar-refractivity contribution in [3.8, 4) is 34.3 Å². The number of benzene rings is 2. The number of ether oxygens (including phenoxy) is 4. The van der Waals surface area contributed by atoms with E-state index < -0.39 is 0 Å². The molecule has 8 heteroatoms. The molecule has 4 rings (SSSR count). The van der Waals surface area contributed by atoms with Crippen LogP contribution >= 0.6 is 0 Å². The van der Waals surface area contributed by atoms with Gasteiger partial charge in [0.05, 0.1) is 38.9 Å². The number of carbonyl (C=O) groups excluding carboxylic acids is 1. The van der Waals surface area contributed by atoms with E-state index in [1.165, 1.54) is 0 Å². The van der Waals surface area contributed by atoms with E-state index in [0.29, 0.717) is 23.0 Å². The molecule has 1 aliphatic rings. The first-order valence-electron chi connectivity index (χ1n) is 10.4. The van der Waals surface area contributed by atoms with Crippen molar-refractivity contribution in [2.45, 2.75) is 13.0 Å². The highest BCUT2D eigenvalue weighted by Crippen LogP contribution is 2.40. The highest BCUT2D eigenvalue weighted by atomic mass is 16.5. The molecule has 0 bridgehead atoms. The predicted molar refractivity (Wildman–Crippen MR) is 119 cm³/mol. The first-order valence-corrected chi connectivity index (χ1v) is 10.4. The Balaban J connectivity index is 1.75. The Morgan fingerprint density at radius 2 is 1.88 bits per heavy atom. The highest BCUT2D eigenvalue weighted by Gasteiger charge is 2.27. The van der Waals surface area contributed by atoms with Gasteiger partial charge in [-0.1, -0.05) is 0 Å². The van der Waals surface area contributed by atoms with Crippen LogP contribution < -0.4 is 28.8 Å². The van der Waals surface area contributed by atoms with Crippen LogP contribution in [-0.4, -0.2) is 52.1 Å². The molecule has 2 N–H and O–H groups in total. The number of fused-ring (bicyclic) bond motifs is 4. The molecule has 1 aromatic heterocycles. The summed E-state index contributed by atoms with van der Waals surface area (Å²) in [4.78, 5) is 11.9. The molecule has 0 atom stereocenters. The van der Waals surface area contributed by atoms with Gasteiger partial charge in [0.15, 0.2) is 42.3 Å². The van der Waals surface area contributed by atoms with E-state index in [1.807, 2.05) is 24.3 Å². The smallest absolute Gasteiger partial charge is 0.258 e. The Kier molecular flexibility index (Phi) is 6.32. The maximum Gasteiger partial charge on any atom is 0.258 e. The first kappa shape index (κ1) is 21.7. The average Bonchev–Trinajstić information content (AvgIpc) is 2.83. The number of hydrogen-bond acceptors (Lipinski definition) is 6. The Bertz CT molecular complexity index is 1160. The van der Waals surface area contributed by atoms with Crippen LogP contribution in [0.15, 0.2) is 36.5 Å². The number of aryl methyl sites for hydroxylation is 2. The number of hydrogen-bond donors (Lipinski definition) is 2. The van der Waals surface area contributed by atoms with Gasteiger partial charge in [0, 0.05) is 19.0 Å². The molecule has 1 amide bonds. The van der Waals surface area contributed by atoms with Gasteiger partial charge in [0.2, 0.25) is 5.69 Å². The largest absolute Gasteiger partial charge is 0.493 e. The monoisotopic (exact) mass is 439 g/mol. The summed E-state index contributed by atoms with van der Waals surface area (Å²) in [5.41, 5.74) is 3.22. The minimum Gasteiger partial charge on any atom is -0.493 e. The molecule has 32 heavy (non-hydrogen) atoms. The zero-order valence-electron chi connectivity index (χ0n) is 18.4. The molecule has 168 valence electrons. The van der Waals surface area contributed by atoms with Crippen LogP contribution in [0.25, 0.3) is 22.0 Å². The highest BCUT2D eigenvalue weighted by molar-refractivity contribution is 5.91. The lowest BCUT2D eigenvalue weighted by Crippen LogP contribution is -2.40. The predicted octanol–water partition coefficient (Wildman–Crippen LogP) is 1.86. The molecule has 2 aromatic carbocycles. The van der Waals surface area contributed by atoms with Gasteiger partial charge in [-0.3, -0.25) is 4.79 Å². The average molecular weight is 439 g/mol. The summed E-state index contributed by atoms with van der Waals surface area (Å²) in [5.74, 6) is 2.17. The van der Waals surface area contributed by atoms with E-state index in [4.69, 9.17) is 24.1 Å². The number of methoxy groups -OCH3 is 3. The van der Waals surface area contributed by atoms with E-state index in [9.17, 15) is 4.79 Å². The van der Waals surface area contributed by atoms with Gasteiger partial charge in [0.1, 0.15) is 0 Å². The SMILES string of the molecule is COc1cc2c(cc1OCC(=O)NCCO)-c1cc3ccc(OC)c(OC)c3c[n+]1CC2. The van der Waals surface area contributed by atoms with Crippen molar-refractivity contribution in [1.29, 1.82) is 0 Å². The number of aliphatic hydroxyl groups is 1. The number of aliphatic hydroxyl groups excluding tert-OH is 1. The van der Waals surface area contributed by atoms with Crippen molar-refractivity contribution in [3.05, 3.63) is 42.1 Å². The molecule has 0 saturated heterocycles. The quantitative estimate of drug-likeness (QED) is 0.521. The van der Waals surface area contributed by atoms with Gasteiger partial charge in [0.25, 0.3) is 5.91 Å². The van der Waals surface area contributed by atoms with Crippen LogP contribution in [0, 0.1) is 0 Å². The number of carbonyl (C=O) groups is 1. The van der Waals surface area contributed by atoms with Crippen LogP contribution in [-0.2, 0) is 17.8 Å². The molecule has 0 saturated carbocycles. The van der Waals surface area contributed by atoms with E-state index in [0.717, 1.165) is 40.6 Å². The first-order chi connectivity index (χ1) is 15.6. The number of rotatable bonds is 8. The lowest BCUT2D eigenvalue weighted by atomic mass is 9.95. The molecule has 2 heterocycles. The van der Waals surface area contributed by atoms with Crippen molar-refractivity contribution >= 4 is 16.7 Å².